The fraction of sp³-hybridized carbons (Fsp3) is 0.500. The van der Waals surface area contributed by atoms with Crippen molar-refractivity contribution in [2.75, 3.05) is 0 Å². The Labute approximate surface area is 123 Å². The average Bonchev–Trinajstić information content (AvgIpc) is 2.32. The smallest absolute Gasteiger partial charge is 0.167 e. The molecule has 4 heteroatoms. The SMILES string of the molecule is CCCC(CCC)C(=O)c1cc(Cl)cc(Cl)c1Cl. The van der Waals surface area contributed by atoms with Crippen LogP contribution in [0.3, 0.4) is 0 Å². The first-order valence-corrected chi connectivity index (χ1v) is 7.33. The van der Waals surface area contributed by atoms with Crippen molar-refractivity contribution in [1.82, 2.24) is 0 Å². The number of hydrogen-bond acceptors (Lipinski definition) is 1. The molecule has 0 unspecified atom stereocenters. The number of Topliss-reactive ketones (excluding diaryl/α,β-unsaturated/α-hetero) is 1. The fourth-order valence-electron chi connectivity index (χ4n) is 2.06. The summed E-state index contributed by atoms with van der Waals surface area (Å²) in [4.78, 5) is 12.4. The van der Waals surface area contributed by atoms with E-state index in [1.54, 1.807) is 12.1 Å². The zero-order chi connectivity index (χ0) is 13.7. The van der Waals surface area contributed by atoms with Gasteiger partial charge in [0.25, 0.3) is 0 Å². The Morgan fingerprint density at radius 3 is 2.17 bits per heavy atom. The summed E-state index contributed by atoms with van der Waals surface area (Å²) in [5, 5.41) is 1.09. The number of carbonyl (C=O) groups is 1. The van der Waals surface area contributed by atoms with Crippen molar-refractivity contribution < 1.29 is 4.79 Å². The van der Waals surface area contributed by atoms with Gasteiger partial charge in [-0.15, -0.1) is 0 Å². The van der Waals surface area contributed by atoms with Crippen LogP contribution in [0.15, 0.2) is 12.1 Å². The van der Waals surface area contributed by atoms with E-state index in [9.17, 15) is 4.79 Å². The lowest BCUT2D eigenvalue weighted by Gasteiger charge is -2.15. The van der Waals surface area contributed by atoms with Crippen molar-refractivity contribution in [3.8, 4) is 0 Å². The monoisotopic (exact) mass is 306 g/mol. The number of rotatable bonds is 6. The van der Waals surface area contributed by atoms with Crippen LogP contribution in [0.1, 0.15) is 49.9 Å². The lowest BCUT2D eigenvalue weighted by molar-refractivity contribution is 0.0905. The molecule has 1 aromatic carbocycles. The van der Waals surface area contributed by atoms with Crippen molar-refractivity contribution in [2.24, 2.45) is 5.92 Å². The molecule has 1 nitrogen and oxygen atoms in total. The molecule has 0 aliphatic heterocycles. The summed E-state index contributed by atoms with van der Waals surface area (Å²) in [5.74, 6) is 0.0557. The lowest BCUT2D eigenvalue weighted by Crippen LogP contribution is -2.15. The predicted molar refractivity (Wildman–Crippen MR) is 79.1 cm³/mol. The molecule has 0 aliphatic carbocycles. The summed E-state index contributed by atoms with van der Waals surface area (Å²) in [6, 6.07) is 3.16. The molecule has 0 bridgehead atoms. The van der Waals surface area contributed by atoms with E-state index in [1.165, 1.54) is 0 Å². The quantitative estimate of drug-likeness (QED) is 0.462. The Morgan fingerprint density at radius 2 is 1.67 bits per heavy atom. The molecule has 0 fully saturated rings. The Hall–Kier alpha value is -0.240. The molecule has 100 valence electrons. The van der Waals surface area contributed by atoms with Crippen LogP contribution >= 0.6 is 34.8 Å². The van der Waals surface area contributed by atoms with Gasteiger partial charge in [-0.2, -0.15) is 0 Å². The van der Waals surface area contributed by atoms with E-state index in [0.29, 0.717) is 20.6 Å². The van der Waals surface area contributed by atoms with Gasteiger partial charge in [-0.05, 0) is 25.0 Å². The summed E-state index contributed by atoms with van der Waals surface area (Å²) >= 11 is 18.0. The van der Waals surface area contributed by atoms with Crippen LogP contribution in [0.4, 0.5) is 0 Å². The van der Waals surface area contributed by atoms with Crippen LogP contribution < -0.4 is 0 Å². The minimum absolute atomic E-state index is 0.00651. The first-order valence-electron chi connectivity index (χ1n) is 6.20. The third-order valence-corrected chi connectivity index (χ3v) is 3.92. The minimum atomic E-state index is 0.00651. The Morgan fingerprint density at radius 1 is 1.11 bits per heavy atom. The maximum atomic E-state index is 12.4. The summed E-state index contributed by atoms with van der Waals surface area (Å²) < 4.78 is 0. The second-order valence-corrected chi connectivity index (χ2v) is 5.61. The second-order valence-electron chi connectivity index (χ2n) is 4.39. The highest BCUT2D eigenvalue weighted by molar-refractivity contribution is 6.45. The van der Waals surface area contributed by atoms with Crippen molar-refractivity contribution >= 4 is 40.6 Å². The molecule has 0 aromatic heterocycles. The third kappa shape index (κ3) is 3.88. The van der Waals surface area contributed by atoms with Gasteiger partial charge in [0.05, 0.1) is 10.0 Å². The van der Waals surface area contributed by atoms with Crippen LogP contribution in [0.25, 0.3) is 0 Å². The minimum Gasteiger partial charge on any atom is -0.294 e. The topological polar surface area (TPSA) is 17.1 Å². The van der Waals surface area contributed by atoms with E-state index in [-0.39, 0.29) is 11.7 Å². The van der Waals surface area contributed by atoms with Gasteiger partial charge >= 0.3 is 0 Å². The zero-order valence-electron chi connectivity index (χ0n) is 10.6. The van der Waals surface area contributed by atoms with E-state index in [1.807, 2.05) is 0 Å². The van der Waals surface area contributed by atoms with Crippen LogP contribution in [0, 0.1) is 5.92 Å². The molecule has 0 atom stereocenters. The summed E-state index contributed by atoms with van der Waals surface area (Å²) in [6.07, 6.45) is 3.69. The maximum absolute atomic E-state index is 12.4. The number of ketones is 1. The van der Waals surface area contributed by atoms with Crippen LogP contribution in [0.2, 0.25) is 15.1 Å². The Kier molecular flexibility index (Phi) is 6.48. The van der Waals surface area contributed by atoms with E-state index in [2.05, 4.69) is 13.8 Å². The average molecular weight is 308 g/mol. The molecule has 0 aliphatic rings. The van der Waals surface area contributed by atoms with Gasteiger partial charge in [0.2, 0.25) is 0 Å². The van der Waals surface area contributed by atoms with Crippen LogP contribution in [-0.4, -0.2) is 5.78 Å². The molecule has 1 aromatic rings. The highest BCUT2D eigenvalue weighted by atomic mass is 35.5. The number of halogens is 3. The molecule has 1 rings (SSSR count). The fourth-order valence-corrected chi connectivity index (χ4v) is 2.75. The molecule has 0 N–H and O–H groups in total. The van der Waals surface area contributed by atoms with Gasteiger partial charge in [0.1, 0.15) is 0 Å². The number of hydrogen-bond donors (Lipinski definition) is 0. The van der Waals surface area contributed by atoms with Crippen molar-refractivity contribution in [1.29, 1.82) is 0 Å². The summed E-state index contributed by atoms with van der Waals surface area (Å²) in [5.41, 5.74) is 0.445. The second kappa shape index (κ2) is 7.37. The molecular weight excluding hydrogens is 291 g/mol. The molecule has 0 spiro atoms. The van der Waals surface area contributed by atoms with E-state index < -0.39 is 0 Å². The predicted octanol–water partition coefficient (Wildman–Crippen LogP) is 6.05. The number of benzene rings is 1. The molecule has 0 amide bonds. The lowest BCUT2D eigenvalue weighted by atomic mass is 9.90. The van der Waals surface area contributed by atoms with Gasteiger partial charge < -0.3 is 0 Å². The molecule has 18 heavy (non-hydrogen) atoms. The first kappa shape index (κ1) is 15.8. The summed E-state index contributed by atoms with van der Waals surface area (Å²) in [7, 11) is 0. The summed E-state index contributed by atoms with van der Waals surface area (Å²) in [6.45, 7) is 4.14. The van der Waals surface area contributed by atoms with E-state index in [0.717, 1.165) is 25.7 Å². The zero-order valence-corrected chi connectivity index (χ0v) is 12.9. The Bertz CT molecular complexity index is 423. The van der Waals surface area contributed by atoms with Gasteiger partial charge in [-0.1, -0.05) is 61.5 Å². The van der Waals surface area contributed by atoms with Crippen molar-refractivity contribution in [3.05, 3.63) is 32.8 Å². The largest absolute Gasteiger partial charge is 0.294 e. The molecule has 0 saturated carbocycles. The van der Waals surface area contributed by atoms with Gasteiger partial charge in [-0.3, -0.25) is 4.79 Å². The van der Waals surface area contributed by atoms with Crippen molar-refractivity contribution in [2.45, 2.75) is 39.5 Å². The van der Waals surface area contributed by atoms with Crippen molar-refractivity contribution in [3.63, 3.8) is 0 Å². The van der Waals surface area contributed by atoms with Gasteiger partial charge in [0, 0.05) is 16.5 Å². The first-order chi connectivity index (χ1) is 8.51. The third-order valence-electron chi connectivity index (χ3n) is 2.90. The van der Waals surface area contributed by atoms with E-state index >= 15 is 0 Å². The highest BCUT2D eigenvalue weighted by Gasteiger charge is 2.22. The molecule has 0 radical (unpaired) electrons. The maximum Gasteiger partial charge on any atom is 0.167 e. The van der Waals surface area contributed by atoms with Gasteiger partial charge in [-0.25, -0.2) is 0 Å². The Balaban J connectivity index is 3.07. The highest BCUT2D eigenvalue weighted by Crippen LogP contribution is 2.32. The van der Waals surface area contributed by atoms with Crippen LogP contribution in [0.5, 0.6) is 0 Å². The van der Waals surface area contributed by atoms with E-state index in [4.69, 9.17) is 34.8 Å². The number of carbonyl (C=O) groups excluding carboxylic acids is 1. The standard InChI is InChI=1S/C14H17Cl3O/c1-3-5-9(6-4-2)14(18)11-7-10(15)8-12(16)13(11)17/h7-9H,3-6H2,1-2H3. The van der Waals surface area contributed by atoms with Gasteiger partial charge in [0.15, 0.2) is 5.78 Å². The van der Waals surface area contributed by atoms with Crippen LogP contribution in [-0.2, 0) is 0 Å². The molecule has 0 heterocycles. The molecule has 0 saturated heterocycles. The normalized spacial score (nSPS) is 11.0. The molecular formula is C14H17Cl3O.